The van der Waals surface area contributed by atoms with Gasteiger partial charge in [-0.15, -0.1) is 0 Å². The zero-order chi connectivity index (χ0) is 13.6. The predicted octanol–water partition coefficient (Wildman–Crippen LogP) is 3.38. The van der Waals surface area contributed by atoms with Gasteiger partial charge in [0.05, 0.1) is 0 Å². The Morgan fingerprint density at radius 3 is 1.76 bits per heavy atom. The Hall–Kier alpha value is -0.0800. The van der Waals surface area contributed by atoms with Gasteiger partial charge >= 0.3 is 0 Å². The van der Waals surface area contributed by atoms with Crippen molar-refractivity contribution in [3.8, 4) is 0 Å². The molecule has 2 nitrogen and oxygen atoms in total. The van der Waals surface area contributed by atoms with E-state index in [0.717, 1.165) is 12.5 Å². The molecule has 0 rings (SSSR count). The van der Waals surface area contributed by atoms with E-state index in [9.17, 15) is 0 Å². The molecule has 2 unspecified atom stereocenters. The van der Waals surface area contributed by atoms with Gasteiger partial charge in [-0.05, 0) is 39.2 Å². The van der Waals surface area contributed by atoms with Crippen LogP contribution in [0.5, 0.6) is 0 Å². The topological polar surface area (TPSA) is 15.3 Å². The maximum atomic E-state index is 3.55. The summed E-state index contributed by atoms with van der Waals surface area (Å²) < 4.78 is 0. The molecule has 0 aliphatic carbocycles. The zero-order valence-corrected chi connectivity index (χ0v) is 13.2. The van der Waals surface area contributed by atoms with E-state index in [-0.39, 0.29) is 0 Å². The fraction of sp³-hybridized carbons (Fsp3) is 1.00. The molecule has 0 aliphatic rings. The van der Waals surface area contributed by atoms with Crippen molar-refractivity contribution >= 4 is 0 Å². The van der Waals surface area contributed by atoms with Crippen molar-refractivity contribution in [2.45, 2.75) is 73.5 Å². The molecule has 0 aromatic carbocycles. The second-order valence-corrected chi connectivity index (χ2v) is 6.47. The first-order valence-corrected chi connectivity index (χ1v) is 7.24. The van der Waals surface area contributed by atoms with Crippen LogP contribution in [0.3, 0.4) is 0 Å². The van der Waals surface area contributed by atoms with Crippen molar-refractivity contribution < 1.29 is 0 Å². The lowest BCUT2D eigenvalue weighted by molar-refractivity contribution is 0.107. The van der Waals surface area contributed by atoms with Crippen LogP contribution >= 0.6 is 0 Å². The summed E-state index contributed by atoms with van der Waals surface area (Å²) in [6.45, 7) is 20.7. The second kappa shape index (κ2) is 8.10. The molecule has 2 heteroatoms. The van der Waals surface area contributed by atoms with Gasteiger partial charge in [-0.1, -0.05) is 34.6 Å². The summed E-state index contributed by atoms with van der Waals surface area (Å²) in [6, 6.07) is 1.86. The van der Waals surface area contributed by atoms with Crippen LogP contribution in [0.4, 0.5) is 0 Å². The van der Waals surface area contributed by atoms with Crippen molar-refractivity contribution in [2.24, 2.45) is 11.8 Å². The number of nitrogens with one attached hydrogen (secondary N) is 1. The molecule has 0 bridgehead atoms. The summed E-state index contributed by atoms with van der Waals surface area (Å²) in [7, 11) is 0. The van der Waals surface area contributed by atoms with E-state index in [0.29, 0.717) is 24.0 Å². The van der Waals surface area contributed by atoms with E-state index < -0.39 is 0 Å². The Morgan fingerprint density at radius 1 is 0.882 bits per heavy atom. The SMILES string of the molecule is CC(C)CN(C(C)C)C(C)C(C)CNC(C)C. The molecule has 17 heavy (non-hydrogen) atoms. The van der Waals surface area contributed by atoms with Gasteiger partial charge in [-0.2, -0.15) is 0 Å². The molecule has 0 spiro atoms. The first-order chi connectivity index (χ1) is 7.75. The first kappa shape index (κ1) is 16.9. The number of rotatable bonds is 8. The molecular formula is C15H34N2. The van der Waals surface area contributed by atoms with Crippen LogP contribution in [0.15, 0.2) is 0 Å². The molecule has 1 N–H and O–H groups in total. The summed E-state index contributed by atoms with van der Waals surface area (Å²) in [5.41, 5.74) is 0. The molecule has 0 fully saturated rings. The van der Waals surface area contributed by atoms with Crippen molar-refractivity contribution in [1.29, 1.82) is 0 Å². The average Bonchev–Trinajstić information content (AvgIpc) is 2.20. The van der Waals surface area contributed by atoms with Gasteiger partial charge in [0.1, 0.15) is 0 Å². The van der Waals surface area contributed by atoms with Gasteiger partial charge in [0.15, 0.2) is 0 Å². The minimum absolute atomic E-state index is 0.585. The molecule has 0 saturated carbocycles. The smallest absolute Gasteiger partial charge is 0.0107 e. The Bertz CT molecular complexity index is 187. The van der Waals surface area contributed by atoms with Crippen molar-refractivity contribution in [3.63, 3.8) is 0 Å². The third kappa shape index (κ3) is 7.05. The average molecular weight is 242 g/mol. The van der Waals surface area contributed by atoms with Gasteiger partial charge < -0.3 is 5.32 Å². The zero-order valence-electron chi connectivity index (χ0n) is 13.2. The highest BCUT2D eigenvalue weighted by atomic mass is 15.2. The molecule has 2 atom stereocenters. The molecular weight excluding hydrogens is 208 g/mol. The summed E-state index contributed by atoms with van der Waals surface area (Å²) >= 11 is 0. The van der Waals surface area contributed by atoms with E-state index in [4.69, 9.17) is 0 Å². The van der Waals surface area contributed by atoms with Crippen LogP contribution in [0.25, 0.3) is 0 Å². The summed E-state index contributed by atoms with van der Waals surface area (Å²) in [5.74, 6) is 1.43. The lowest BCUT2D eigenvalue weighted by atomic mass is 9.99. The third-order valence-corrected chi connectivity index (χ3v) is 3.43. The molecule has 0 heterocycles. The molecule has 0 radical (unpaired) electrons. The van der Waals surface area contributed by atoms with E-state index in [1.54, 1.807) is 0 Å². The fourth-order valence-electron chi connectivity index (χ4n) is 2.19. The highest BCUT2D eigenvalue weighted by Crippen LogP contribution is 2.16. The molecule has 0 amide bonds. The van der Waals surface area contributed by atoms with E-state index in [1.165, 1.54) is 6.54 Å². The lowest BCUT2D eigenvalue weighted by Gasteiger charge is -2.37. The van der Waals surface area contributed by atoms with Crippen LogP contribution in [-0.4, -0.2) is 36.1 Å². The van der Waals surface area contributed by atoms with Crippen LogP contribution in [0, 0.1) is 11.8 Å². The number of hydrogen-bond donors (Lipinski definition) is 1. The van der Waals surface area contributed by atoms with Gasteiger partial charge in [-0.3, -0.25) is 4.90 Å². The van der Waals surface area contributed by atoms with Crippen molar-refractivity contribution in [1.82, 2.24) is 10.2 Å². The largest absolute Gasteiger partial charge is 0.314 e. The van der Waals surface area contributed by atoms with E-state index >= 15 is 0 Å². The van der Waals surface area contributed by atoms with Gasteiger partial charge in [-0.25, -0.2) is 0 Å². The maximum Gasteiger partial charge on any atom is 0.0107 e. The molecule has 0 aromatic heterocycles. The Morgan fingerprint density at radius 2 is 1.41 bits per heavy atom. The number of hydrogen-bond acceptors (Lipinski definition) is 2. The lowest BCUT2D eigenvalue weighted by Crippen LogP contribution is -2.47. The molecule has 0 aliphatic heterocycles. The molecule has 104 valence electrons. The highest BCUT2D eigenvalue weighted by Gasteiger charge is 2.22. The maximum absolute atomic E-state index is 3.55. The third-order valence-electron chi connectivity index (χ3n) is 3.43. The summed E-state index contributed by atoms with van der Waals surface area (Å²) in [5, 5.41) is 3.55. The van der Waals surface area contributed by atoms with Gasteiger partial charge in [0.2, 0.25) is 0 Å². The van der Waals surface area contributed by atoms with E-state index in [1.807, 2.05) is 0 Å². The Kier molecular flexibility index (Phi) is 8.06. The summed E-state index contributed by atoms with van der Waals surface area (Å²) in [6.07, 6.45) is 0. The summed E-state index contributed by atoms with van der Waals surface area (Å²) in [4.78, 5) is 2.64. The van der Waals surface area contributed by atoms with Crippen molar-refractivity contribution in [3.05, 3.63) is 0 Å². The standard InChI is InChI=1S/C15H34N2/c1-11(2)10-17(13(5)6)15(8)14(7)9-16-12(3)4/h11-16H,9-10H2,1-8H3. The van der Waals surface area contributed by atoms with Crippen LogP contribution < -0.4 is 5.32 Å². The number of nitrogens with zero attached hydrogens (tertiary/aromatic N) is 1. The second-order valence-electron chi connectivity index (χ2n) is 6.47. The molecule has 0 aromatic rings. The monoisotopic (exact) mass is 242 g/mol. The predicted molar refractivity (Wildman–Crippen MR) is 78.4 cm³/mol. The highest BCUT2D eigenvalue weighted by molar-refractivity contribution is 4.78. The van der Waals surface area contributed by atoms with E-state index in [2.05, 4.69) is 65.6 Å². The Labute approximate surface area is 109 Å². The fourth-order valence-corrected chi connectivity index (χ4v) is 2.19. The van der Waals surface area contributed by atoms with Crippen molar-refractivity contribution in [2.75, 3.05) is 13.1 Å². The molecule has 0 saturated heterocycles. The quantitative estimate of drug-likeness (QED) is 0.702. The minimum atomic E-state index is 0.585. The van der Waals surface area contributed by atoms with Crippen LogP contribution in [-0.2, 0) is 0 Å². The van der Waals surface area contributed by atoms with Gasteiger partial charge in [0, 0.05) is 24.7 Å². The minimum Gasteiger partial charge on any atom is -0.314 e. The first-order valence-electron chi connectivity index (χ1n) is 7.24. The normalized spacial score (nSPS) is 16.2. The van der Waals surface area contributed by atoms with Crippen LogP contribution in [0.2, 0.25) is 0 Å². The Balaban J connectivity index is 4.33. The van der Waals surface area contributed by atoms with Gasteiger partial charge in [0.25, 0.3) is 0 Å². The van der Waals surface area contributed by atoms with Crippen LogP contribution in [0.1, 0.15) is 55.4 Å².